The number of hydrogen-bond acceptors (Lipinski definition) is 2. The van der Waals surface area contributed by atoms with E-state index in [2.05, 4.69) is 37.9 Å². The van der Waals surface area contributed by atoms with Crippen molar-refractivity contribution in [2.24, 2.45) is 17.3 Å². The Bertz CT molecular complexity index is 487. The average Bonchev–Trinajstić information content (AvgIpc) is 2.87. The van der Waals surface area contributed by atoms with Crippen molar-refractivity contribution in [1.82, 2.24) is 10.2 Å². The van der Waals surface area contributed by atoms with Crippen LogP contribution >= 0.6 is 0 Å². The fraction of sp³-hybridized carbons (Fsp3) is 1.00. The predicted octanol–water partition coefficient (Wildman–Crippen LogP) is 10.2. The highest BCUT2D eigenvalue weighted by Crippen LogP contribution is 2.53. The quantitative estimate of drug-likeness (QED) is 0.139. The van der Waals surface area contributed by atoms with Crippen molar-refractivity contribution in [1.29, 1.82) is 0 Å². The van der Waals surface area contributed by atoms with E-state index in [1.807, 2.05) is 0 Å². The lowest BCUT2D eigenvalue weighted by molar-refractivity contribution is -0.0199. The molecule has 2 rings (SSSR count). The minimum absolute atomic E-state index is 0.738. The molecule has 1 N–H and O–H groups in total. The second-order valence-corrected chi connectivity index (χ2v) is 13.2. The lowest BCUT2D eigenvalue weighted by Gasteiger charge is -2.53. The molecule has 2 aliphatic rings. The number of rotatable bonds is 23. The number of nitrogens with zero attached hydrogens (tertiary/aromatic N) is 1. The van der Waals surface area contributed by atoms with E-state index in [1.165, 1.54) is 167 Å². The molecule has 2 atom stereocenters. The Labute approximate surface area is 228 Å². The monoisotopic (exact) mass is 505 g/mol. The lowest BCUT2D eigenvalue weighted by atomic mass is 9.57. The van der Waals surface area contributed by atoms with Crippen LogP contribution in [0.2, 0.25) is 0 Å². The summed E-state index contributed by atoms with van der Waals surface area (Å²) in [5.41, 5.74) is 0.738. The molecule has 1 spiro atoms. The largest absolute Gasteiger partial charge is 0.314 e. The molecule has 1 heterocycles. The first-order valence-electron chi connectivity index (χ1n) is 17.1. The van der Waals surface area contributed by atoms with Gasteiger partial charge in [0.2, 0.25) is 0 Å². The molecular formula is C34H68N2. The Kier molecular flexibility index (Phi) is 17.8. The van der Waals surface area contributed by atoms with E-state index in [4.69, 9.17) is 0 Å². The minimum atomic E-state index is 0.738. The first kappa shape index (κ1) is 32.1. The Morgan fingerprint density at radius 3 is 1.83 bits per heavy atom. The minimum Gasteiger partial charge on any atom is -0.314 e. The second kappa shape index (κ2) is 19.9. The van der Waals surface area contributed by atoms with Crippen molar-refractivity contribution in [2.45, 2.75) is 175 Å². The molecule has 1 aliphatic carbocycles. The average molecular weight is 505 g/mol. The summed E-state index contributed by atoms with van der Waals surface area (Å²) in [6.07, 6.45) is 31.6. The molecule has 0 aromatic heterocycles. The third kappa shape index (κ3) is 13.1. The highest BCUT2D eigenvalue weighted by atomic mass is 15.1. The summed E-state index contributed by atoms with van der Waals surface area (Å²) >= 11 is 0. The first-order valence-corrected chi connectivity index (χ1v) is 17.1. The molecule has 2 nitrogen and oxygen atoms in total. The first-order chi connectivity index (χ1) is 17.6. The van der Waals surface area contributed by atoms with E-state index >= 15 is 0 Å². The molecule has 2 heteroatoms. The second-order valence-electron chi connectivity index (χ2n) is 13.2. The molecule has 2 fully saturated rings. The number of nitrogens with one attached hydrogen (secondary N) is 1. The predicted molar refractivity (Wildman–Crippen MR) is 162 cm³/mol. The summed E-state index contributed by atoms with van der Waals surface area (Å²) in [5, 5.41) is 4.02. The molecule has 0 aromatic rings. The SMILES string of the molecule is CCCCCCCC(CCCCC)NCCC1CC2(CCN(CC(CCCC)CCCCC)CC2)C1. The van der Waals surface area contributed by atoms with Gasteiger partial charge in [0.25, 0.3) is 0 Å². The molecular weight excluding hydrogens is 436 g/mol. The van der Waals surface area contributed by atoms with Crippen LogP contribution in [0.25, 0.3) is 0 Å². The molecule has 0 radical (unpaired) electrons. The van der Waals surface area contributed by atoms with Gasteiger partial charge in [0.1, 0.15) is 0 Å². The summed E-state index contributed by atoms with van der Waals surface area (Å²) in [5.74, 6) is 1.97. The Morgan fingerprint density at radius 2 is 1.19 bits per heavy atom. The topological polar surface area (TPSA) is 15.3 Å². The van der Waals surface area contributed by atoms with E-state index in [1.54, 1.807) is 0 Å². The van der Waals surface area contributed by atoms with Crippen LogP contribution in [0.1, 0.15) is 169 Å². The van der Waals surface area contributed by atoms with Gasteiger partial charge >= 0.3 is 0 Å². The van der Waals surface area contributed by atoms with E-state index in [0.717, 1.165) is 23.3 Å². The molecule has 0 bridgehead atoms. The Balaban J connectivity index is 1.61. The number of piperidine rings is 1. The maximum Gasteiger partial charge on any atom is 0.00670 e. The van der Waals surface area contributed by atoms with Crippen LogP contribution in [-0.4, -0.2) is 37.1 Å². The maximum absolute atomic E-state index is 4.02. The molecule has 1 saturated heterocycles. The zero-order chi connectivity index (χ0) is 25.9. The zero-order valence-corrected chi connectivity index (χ0v) is 25.6. The lowest BCUT2D eigenvalue weighted by Crippen LogP contribution is -2.48. The summed E-state index contributed by atoms with van der Waals surface area (Å²) in [4.78, 5) is 2.85. The van der Waals surface area contributed by atoms with Crippen LogP contribution in [0.3, 0.4) is 0 Å². The van der Waals surface area contributed by atoms with Crippen molar-refractivity contribution < 1.29 is 0 Å². The van der Waals surface area contributed by atoms with Crippen LogP contribution in [0, 0.1) is 17.3 Å². The fourth-order valence-corrected chi connectivity index (χ4v) is 7.33. The third-order valence-electron chi connectivity index (χ3n) is 9.86. The van der Waals surface area contributed by atoms with Crippen molar-refractivity contribution in [2.75, 3.05) is 26.2 Å². The van der Waals surface area contributed by atoms with Crippen LogP contribution in [0.4, 0.5) is 0 Å². The number of unbranched alkanes of at least 4 members (excludes halogenated alkanes) is 9. The van der Waals surface area contributed by atoms with Crippen LogP contribution in [-0.2, 0) is 0 Å². The smallest absolute Gasteiger partial charge is 0.00670 e. The van der Waals surface area contributed by atoms with E-state index in [-0.39, 0.29) is 0 Å². The highest BCUT2D eigenvalue weighted by Gasteiger charge is 2.45. The number of hydrogen-bond donors (Lipinski definition) is 1. The van der Waals surface area contributed by atoms with Gasteiger partial charge in [0.15, 0.2) is 0 Å². The molecule has 214 valence electrons. The van der Waals surface area contributed by atoms with Crippen LogP contribution < -0.4 is 5.32 Å². The molecule has 1 saturated carbocycles. The summed E-state index contributed by atoms with van der Waals surface area (Å²) < 4.78 is 0. The Hall–Kier alpha value is -0.0800. The summed E-state index contributed by atoms with van der Waals surface area (Å²) in [7, 11) is 0. The Morgan fingerprint density at radius 1 is 0.667 bits per heavy atom. The van der Waals surface area contributed by atoms with E-state index < -0.39 is 0 Å². The number of likely N-dealkylation sites (tertiary alicyclic amines) is 1. The van der Waals surface area contributed by atoms with E-state index in [0.29, 0.717) is 0 Å². The fourth-order valence-electron chi connectivity index (χ4n) is 7.33. The molecule has 0 amide bonds. The van der Waals surface area contributed by atoms with Gasteiger partial charge in [-0.15, -0.1) is 0 Å². The van der Waals surface area contributed by atoms with Crippen molar-refractivity contribution in [3.05, 3.63) is 0 Å². The van der Waals surface area contributed by atoms with Crippen LogP contribution in [0.5, 0.6) is 0 Å². The van der Waals surface area contributed by atoms with Crippen molar-refractivity contribution >= 4 is 0 Å². The summed E-state index contributed by atoms with van der Waals surface area (Å²) in [6, 6.07) is 0.786. The molecule has 0 aromatic carbocycles. The molecule has 36 heavy (non-hydrogen) atoms. The van der Waals surface area contributed by atoms with Gasteiger partial charge in [-0.05, 0) is 94.7 Å². The third-order valence-corrected chi connectivity index (χ3v) is 9.86. The molecule has 2 unspecified atom stereocenters. The summed E-state index contributed by atoms with van der Waals surface area (Å²) in [6.45, 7) is 14.8. The van der Waals surface area contributed by atoms with Crippen molar-refractivity contribution in [3.8, 4) is 0 Å². The highest BCUT2D eigenvalue weighted by molar-refractivity contribution is 4.97. The zero-order valence-electron chi connectivity index (χ0n) is 25.6. The van der Waals surface area contributed by atoms with Gasteiger partial charge in [-0.3, -0.25) is 0 Å². The van der Waals surface area contributed by atoms with Crippen LogP contribution in [0.15, 0.2) is 0 Å². The van der Waals surface area contributed by atoms with Gasteiger partial charge in [-0.25, -0.2) is 0 Å². The van der Waals surface area contributed by atoms with Gasteiger partial charge < -0.3 is 10.2 Å². The van der Waals surface area contributed by atoms with Gasteiger partial charge in [0.05, 0.1) is 0 Å². The van der Waals surface area contributed by atoms with Crippen molar-refractivity contribution in [3.63, 3.8) is 0 Å². The van der Waals surface area contributed by atoms with Gasteiger partial charge in [0, 0.05) is 12.6 Å². The standard InChI is InChI=1S/C34H68N2/c1-5-9-13-14-17-21-33(20-16-11-7-3)35-25-22-32-28-34(29-32)23-26-36(27-24-34)30-31(18-12-8-4)19-15-10-6-2/h31-33,35H,5-30H2,1-4H3. The van der Waals surface area contributed by atoms with Gasteiger partial charge in [-0.2, -0.15) is 0 Å². The van der Waals surface area contributed by atoms with E-state index in [9.17, 15) is 0 Å². The molecule has 1 aliphatic heterocycles. The normalized spacial score (nSPS) is 20.0. The maximum atomic E-state index is 4.02. The van der Waals surface area contributed by atoms with Gasteiger partial charge in [-0.1, -0.05) is 111 Å².